The number of nitrogens with zero attached hydrogens (tertiary/aromatic N) is 1. The van der Waals surface area contributed by atoms with Crippen molar-refractivity contribution in [3.05, 3.63) is 29.3 Å². The predicted octanol–water partition coefficient (Wildman–Crippen LogP) is 1.75. The van der Waals surface area contributed by atoms with Crippen molar-refractivity contribution >= 4 is 17.3 Å². The molecule has 2 rings (SSSR count). The van der Waals surface area contributed by atoms with Gasteiger partial charge >= 0.3 is 0 Å². The number of hydrogen-bond acceptors (Lipinski definition) is 2. The number of likely N-dealkylation sites (N-methyl/N-ethyl adjacent to an activating group) is 1. The second kappa shape index (κ2) is 3.56. The van der Waals surface area contributed by atoms with E-state index in [1.165, 1.54) is 5.69 Å². The summed E-state index contributed by atoms with van der Waals surface area (Å²) in [6.45, 7) is 2.19. The molecule has 1 aromatic rings. The van der Waals surface area contributed by atoms with Gasteiger partial charge in [-0.3, -0.25) is 0 Å². The van der Waals surface area contributed by atoms with Crippen LogP contribution in [0, 0.1) is 0 Å². The van der Waals surface area contributed by atoms with E-state index in [9.17, 15) is 0 Å². The Morgan fingerprint density at radius 2 is 1.92 bits per heavy atom. The Morgan fingerprint density at radius 3 is 2.46 bits per heavy atom. The Bertz CT molecular complexity index is 277. The SMILES string of the molecule is CNC1CN(c2ccc(Cl)cc2)C1. The number of hydrogen-bond donors (Lipinski definition) is 1. The minimum absolute atomic E-state index is 0.649. The Labute approximate surface area is 83.5 Å². The topological polar surface area (TPSA) is 15.3 Å². The van der Waals surface area contributed by atoms with Crippen LogP contribution in [0.15, 0.2) is 24.3 Å². The van der Waals surface area contributed by atoms with Crippen molar-refractivity contribution in [1.82, 2.24) is 5.32 Å². The van der Waals surface area contributed by atoms with Crippen LogP contribution in [0.4, 0.5) is 5.69 Å². The molecule has 0 atom stereocenters. The molecule has 1 aromatic carbocycles. The van der Waals surface area contributed by atoms with Gasteiger partial charge < -0.3 is 10.2 Å². The van der Waals surface area contributed by atoms with E-state index in [-0.39, 0.29) is 0 Å². The van der Waals surface area contributed by atoms with Crippen molar-refractivity contribution in [2.45, 2.75) is 6.04 Å². The fourth-order valence-corrected chi connectivity index (χ4v) is 1.65. The molecule has 0 spiro atoms. The quantitative estimate of drug-likeness (QED) is 0.776. The van der Waals surface area contributed by atoms with Crippen LogP contribution >= 0.6 is 11.6 Å². The highest BCUT2D eigenvalue weighted by Gasteiger charge is 2.24. The molecule has 0 bridgehead atoms. The first-order chi connectivity index (χ1) is 6.29. The van der Waals surface area contributed by atoms with Crippen molar-refractivity contribution in [1.29, 1.82) is 0 Å². The molecule has 70 valence electrons. The van der Waals surface area contributed by atoms with Gasteiger partial charge in [0.2, 0.25) is 0 Å². The van der Waals surface area contributed by atoms with Crippen molar-refractivity contribution in [2.75, 3.05) is 25.0 Å². The van der Waals surface area contributed by atoms with E-state index >= 15 is 0 Å². The summed E-state index contributed by atoms with van der Waals surface area (Å²) in [6, 6.07) is 8.64. The number of nitrogens with one attached hydrogen (secondary N) is 1. The molecule has 0 aromatic heterocycles. The van der Waals surface area contributed by atoms with Gasteiger partial charge in [-0.25, -0.2) is 0 Å². The van der Waals surface area contributed by atoms with Crippen LogP contribution in [-0.4, -0.2) is 26.2 Å². The maximum atomic E-state index is 5.80. The number of rotatable bonds is 2. The fraction of sp³-hybridized carbons (Fsp3) is 0.400. The molecular weight excluding hydrogens is 184 g/mol. The monoisotopic (exact) mass is 196 g/mol. The first-order valence-electron chi connectivity index (χ1n) is 4.47. The smallest absolute Gasteiger partial charge is 0.0418 e. The van der Waals surface area contributed by atoms with E-state index < -0.39 is 0 Å². The largest absolute Gasteiger partial charge is 0.368 e. The third kappa shape index (κ3) is 1.79. The first-order valence-corrected chi connectivity index (χ1v) is 4.85. The summed E-state index contributed by atoms with van der Waals surface area (Å²) in [7, 11) is 2.00. The average molecular weight is 197 g/mol. The predicted molar refractivity (Wildman–Crippen MR) is 56.5 cm³/mol. The highest BCUT2D eigenvalue weighted by atomic mass is 35.5. The molecule has 0 radical (unpaired) electrons. The zero-order valence-corrected chi connectivity index (χ0v) is 8.38. The fourth-order valence-electron chi connectivity index (χ4n) is 1.52. The van der Waals surface area contributed by atoms with E-state index in [1.807, 2.05) is 19.2 Å². The van der Waals surface area contributed by atoms with Crippen LogP contribution < -0.4 is 10.2 Å². The van der Waals surface area contributed by atoms with Crippen LogP contribution in [0.3, 0.4) is 0 Å². The molecule has 2 nitrogen and oxygen atoms in total. The Balaban J connectivity index is 1.99. The summed E-state index contributed by atoms with van der Waals surface area (Å²) in [5.41, 5.74) is 1.26. The lowest BCUT2D eigenvalue weighted by Crippen LogP contribution is -2.57. The zero-order chi connectivity index (χ0) is 9.26. The highest BCUT2D eigenvalue weighted by molar-refractivity contribution is 6.30. The maximum Gasteiger partial charge on any atom is 0.0418 e. The van der Waals surface area contributed by atoms with Gasteiger partial charge in [0.05, 0.1) is 0 Å². The van der Waals surface area contributed by atoms with E-state index in [0.717, 1.165) is 18.1 Å². The molecular formula is C10H13ClN2. The van der Waals surface area contributed by atoms with Crippen LogP contribution in [0.1, 0.15) is 0 Å². The average Bonchev–Trinajstić information content (AvgIpc) is 2.06. The summed E-state index contributed by atoms with van der Waals surface area (Å²) in [5.74, 6) is 0. The molecule has 1 fully saturated rings. The molecule has 1 N–H and O–H groups in total. The molecule has 0 aliphatic carbocycles. The summed E-state index contributed by atoms with van der Waals surface area (Å²) >= 11 is 5.80. The Kier molecular flexibility index (Phi) is 2.42. The summed E-state index contributed by atoms with van der Waals surface area (Å²) in [6.07, 6.45) is 0. The molecule has 0 unspecified atom stereocenters. The molecule has 1 aliphatic heterocycles. The zero-order valence-electron chi connectivity index (χ0n) is 7.63. The van der Waals surface area contributed by atoms with Gasteiger partial charge in [-0.2, -0.15) is 0 Å². The van der Waals surface area contributed by atoms with Crippen LogP contribution in [0.2, 0.25) is 5.02 Å². The lowest BCUT2D eigenvalue weighted by molar-refractivity contribution is 0.450. The summed E-state index contributed by atoms with van der Waals surface area (Å²) in [4.78, 5) is 2.33. The summed E-state index contributed by atoms with van der Waals surface area (Å²) < 4.78 is 0. The van der Waals surface area contributed by atoms with E-state index in [2.05, 4.69) is 22.3 Å². The Morgan fingerprint density at radius 1 is 1.31 bits per heavy atom. The molecule has 1 saturated heterocycles. The van der Waals surface area contributed by atoms with Crippen LogP contribution in [0.5, 0.6) is 0 Å². The van der Waals surface area contributed by atoms with Gasteiger partial charge in [-0.05, 0) is 31.3 Å². The van der Waals surface area contributed by atoms with Crippen LogP contribution in [-0.2, 0) is 0 Å². The molecule has 13 heavy (non-hydrogen) atoms. The third-order valence-corrected chi connectivity index (χ3v) is 2.73. The van der Waals surface area contributed by atoms with Crippen molar-refractivity contribution in [3.8, 4) is 0 Å². The number of benzene rings is 1. The van der Waals surface area contributed by atoms with E-state index in [4.69, 9.17) is 11.6 Å². The minimum atomic E-state index is 0.649. The number of halogens is 1. The van der Waals surface area contributed by atoms with Gasteiger partial charge in [0, 0.05) is 29.8 Å². The lowest BCUT2D eigenvalue weighted by Gasteiger charge is -2.40. The molecule has 1 heterocycles. The normalized spacial score (nSPS) is 17.2. The number of anilines is 1. The molecule has 0 amide bonds. The summed E-state index contributed by atoms with van der Waals surface area (Å²) in [5, 5.41) is 4.05. The second-order valence-corrected chi connectivity index (χ2v) is 3.80. The standard InChI is InChI=1S/C10H13ClN2/c1-12-9-6-13(7-9)10-4-2-8(11)3-5-10/h2-5,9,12H,6-7H2,1H3. The van der Waals surface area contributed by atoms with Gasteiger partial charge in [0.25, 0.3) is 0 Å². The van der Waals surface area contributed by atoms with Crippen LogP contribution in [0.25, 0.3) is 0 Å². The minimum Gasteiger partial charge on any atom is -0.368 e. The maximum absolute atomic E-state index is 5.80. The third-order valence-electron chi connectivity index (χ3n) is 2.48. The molecule has 1 aliphatic rings. The van der Waals surface area contributed by atoms with Gasteiger partial charge in [-0.15, -0.1) is 0 Å². The molecule has 0 saturated carbocycles. The van der Waals surface area contributed by atoms with E-state index in [1.54, 1.807) is 0 Å². The van der Waals surface area contributed by atoms with Gasteiger partial charge in [0.1, 0.15) is 0 Å². The first kappa shape index (κ1) is 8.85. The molecule has 3 heteroatoms. The highest BCUT2D eigenvalue weighted by Crippen LogP contribution is 2.22. The Hall–Kier alpha value is -0.730. The van der Waals surface area contributed by atoms with Crippen molar-refractivity contribution in [3.63, 3.8) is 0 Å². The van der Waals surface area contributed by atoms with Gasteiger partial charge in [0.15, 0.2) is 0 Å². The van der Waals surface area contributed by atoms with E-state index in [0.29, 0.717) is 6.04 Å². The van der Waals surface area contributed by atoms with Crippen molar-refractivity contribution < 1.29 is 0 Å². The van der Waals surface area contributed by atoms with Gasteiger partial charge in [-0.1, -0.05) is 11.6 Å². The van der Waals surface area contributed by atoms with Crippen molar-refractivity contribution in [2.24, 2.45) is 0 Å². The lowest BCUT2D eigenvalue weighted by atomic mass is 10.1. The second-order valence-electron chi connectivity index (χ2n) is 3.37.